The lowest BCUT2D eigenvalue weighted by Crippen LogP contribution is -2.58. The Balaban J connectivity index is 3.04. The Morgan fingerprint density at radius 1 is 1.45 bits per heavy atom. The molecule has 0 bridgehead atoms. The molecule has 1 aliphatic heterocycles. The van der Waals surface area contributed by atoms with Crippen LogP contribution in [0.2, 0.25) is 0 Å². The molecule has 0 radical (unpaired) electrons. The van der Waals surface area contributed by atoms with Crippen LogP contribution in [0.1, 0.15) is 47.5 Å². The number of rotatable bonds is 4. The van der Waals surface area contributed by atoms with Crippen LogP contribution in [-0.2, 0) is 9.53 Å². The molecule has 1 heterocycles. The standard InChI is InChI=1S/C14H25NO4S/c1-6-7-15(12(18)19-13(3,4)5)14(11(16)17)8-10(2)20-9-14/h10H,6-9H2,1-5H3,(H,16,17). The number of hydrogen-bond acceptors (Lipinski definition) is 4. The molecule has 2 atom stereocenters. The molecule has 5 nitrogen and oxygen atoms in total. The zero-order chi connectivity index (χ0) is 15.6. The Kier molecular flexibility index (Phi) is 5.35. The molecule has 0 aromatic carbocycles. The van der Waals surface area contributed by atoms with E-state index < -0.39 is 23.2 Å². The van der Waals surface area contributed by atoms with Crippen molar-refractivity contribution in [3.8, 4) is 0 Å². The van der Waals surface area contributed by atoms with Crippen LogP contribution in [0.25, 0.3) is 0 Å². The average molecular weight is 303 g/mol. The zero-order valence-corrected chi connectivity index (χ0v) is 13.7. The molecule has 0 saturated carbocycles. The quantitative estimate of drug-likeness (QED) is 0.865. The maximum Gasteiger partial charge on any atom is 0.411 e. The van der Waals surface area contributed by atoms with E-state index in [1.54, 1.807) is 32.5 Å². The van der Waals surface area contributed by atoms with Gasteiger partial charge in [-0.25, -0.2) is 9.59 Å². The first-order valence-electron chi connectivity index (χ1n) is 6.98. The molecule has 1 N–H and O–H groups in total. The van der Waals surface area contributed by atoms with Crippen molar-refractivity contribution in [3.63, 3.8) is 0 Å². The average Bonchev–Trinajstić information content (AvgIpc) is 2.67. The van der Waals surface area contributed by atoms with Crippen molar-refractivity contribution in [3.05, 3.63) is 0 Å². The number of carbonyl (C=O) groups excluding carboxylic acids is 1. The fourth-order valence-electron chi connectivity index (χ4n) is 2.35. The summed E-state index contributed by atoms with van der Waals surface area (Å²) >= 11 is 1.59. The van der Waals surface area contributed by atoms with Gasteiger partial charge >= 0.3 is 12.1 Å². The fraction of sp³-hybridized carbons (Fsp3) is 0.857. The Morgan fingerprint density at radius 3 is 2.40 bits per heavy atom. The van der Waals surface area contributed by atoms with E-state index in [4.69, 9.17) is 4.74 Å². The third-order valence-electron chi connectivity index (χ3n) is 3.21. The summed E-state index contributed by atoms with van der Waals surface area (Å²) in [6.07, 6.45) is 0.635. The van der Waals surface area contributed by atoms with E-state index in [-0.39, 0.29) is 5.25 Å². The number of aliphatic carboxylic acids is 1. The fourth-order valence-corrected chi connectivity index (χ4v) is 3.70. The van der Waals surface area contributed by atoms with E-state index in [1.807, 2.05) is 13.8 Å². The van der Waals surface area contributed by atoms with Gasteiger partial charge in [-0.1, -0.05) is 13.8 Å². The van der Waals surface area contributed by atoms with Crippen LogP contribution in [0.4, 0.5) is 4.79 Å². The van der Waals surface area contributed by atoms with Gasteiger partial charge in [-0.05, 0) is 33.6 Å². The van der Waals surface area contributed by atoms with Crippen molar-refractivity contribution in [1.82, 2.24) is 4.90 Å². The molecule has 116 valence electrons. The van der Waals surface area contributed by atoms with Crippen molar-refractivity contribution in [1.29, 1.82) is 0 Å². The highest BCUT2D eigenvalue weighted by Gasteiger charge is 2.52. The molecule has 2 unspecified atom stereocenters. The second-order valence-corrected chi connectivity index (χ2v) is 7.72. The molecule has 20 heavy (non-hydrogen) atoms. The van der Waals surface area contributed by atoms with Gasteiger partial charge in [0.15, 0.2) is 5.54 Å². The number of nitrogens with zero attached hydrogens (tertiary/aromatic N) is 1. The zero-order valence-electron chi connectivity index (χ0n) is 12.9. The van der Waals surface area contributed by atoms with Gasteiger partial charge < -0.3 is 9.84 Å². The largest absolute Gasteiger partial charge is 0.479 e. The second-order valence-electron chi connectivity index (χ2n) is 6.29. The van der Waals surface area contributed by atoms with Crippen molar-refractivity contribution in [2.75, 3.05) is 12.3 Å². The molecule has 1 rings (SSSR count). The molecule has 6 heteroatoms. The molecule has 1 amide bonds. The highest BCUT2D eigenvalue weighted by molar-refractivity contribution is 8.00. The van der Waals surface area contributed by atoms with Crippen LogP contribution in [-0.4, -0.2) is 50.8 Å². The van der Waals surface area contributed by atoms with Crippen LogP contribution < -0.4 is 0 Å². The molecule has 1 saturated heterocycles. The lowest BCUT2D eigenvalue weighted by Gasteiger charge is -2.38. The van der Waals surface area contributed by atoms with E-state index in [0.29, 0.717) is 25.1 Å². The molecule has 0 aliphatic carbocycles. The van der Waals surface area contributed by atoms with Crippen molar-refractivity contribution >= 4 is 23.8 Å². The minimum atomic E-state index is -1.14. The first kappa shape index (κ1) is 17.1. The third kappa shape index (κ3) is 3.81. The maximum absolute atomic E-state index is 12.4. The summed E-state index contributed by atoms with van der Waals surface area (Å²) in [7, 11) is 0. The summed E-state index contributed by atoms with van der Waals surface area (Å²) in [5, 5.41) is 9.89. The van der Waals surface area contributed by atoms with E-state index >= 15 is 0 Å². The van der Waals surface area contributed by atoms with Gasteiger partial charge in [0, 0.05) is 17.5 Å². The molecule has 0 aromatic heterocycles. The minimum Gasteiger partial charge on any atom is -0.479 e. The topological polar surface area (TPSA) is 66.8 Å². The van der Waals surface area contributed by atoms with Gasteiger partial charge in [0.05, 0.1) is 0 Å². The Morgan fingerprint density at radius 2 is 2.05 bits per heavy atom. The van der Waals surface area contributed by atoms with Crippen molar-refractivity contribution in [2.24, 2.45) is 0 Å². The second kappa shape index (κ2) is 6.24. The summed E-state index contributed by atoms with van der Waals surface area (Å²) in [5.74, 6) is -0.517. The Labute approximate surface area is 125 Å². The molecule has 1 fully saturated rings. The van der Waals surface area contributed by atoms with E-state index in [1.165, 1.54) is 4.90 Å². The van der Waals surface area contributed by atoms with E-state index in [2.05, 4.69) is 0 Å². The summed E-state index contributed by atoms with van der Waals surface area (Å²) in [5.41, 5.74) is -1.76. The van der Waals surface area contributed by atoms with E-state index in [0.717, 1.165) is 0 Å². The number of thioether (sulfide) groups is 1. The van der Waals surface area contributed by atoms with Gasteiger partial charge in [0.25, 0.3) is 0 Å². The molecular weight excluding hydrogens is 278 g/mol. The Hall–Kier alpha value is -0.910. The van der Waals surface area contributed by atoms with Crippen molar-refractivity contribution < 1.29 is 19.4 Å². The SMILES string of the molecule is CCCN(C(=O)OC(C)(C)C)C1(C(=O)O)CSC(C)C1. The highest BCUT2D eigenvalue weighted by Crippen LogP contribution is 2.39. The van der Waals surface area contributed by atoms with Crippen LogP contribution in [0, 0.1) is 0 Å². The van der Waals surface area contributed by atoms with Gasteiger partial charge in [0.1, 0.15) is 5.60 Å². The number of amides is 1. The van der Waals surface area contributed by atoms with Gasteiger partial charge in [-0.3, -0.25) is 4.90 Å². The predicted octanol–water partition coefficient (Wildman–Crippen LogP) is 2.98. The normalized spacial score (nSPS) is 26.4. The number of hydrogen-bond donors (Lipinski definition) is 1. The van der Waals surface area contributed by atoms with Crippen LogP contribution in [0.5, 0.6) is 0 Å². The van der Waals surface area contributed by atoms with E-state index in [9.17, 15) is 14.7 Å². The molecule has 0 aromatic rings. The third-order valence-corrected chi connectivity index (χ3v) is 4.59. The summed E-state index contributed by atoms with van der Waals surface area (Å²) in [6, 6.07) is 0. The number of carbonyl (C=O) groups is 2. The van der Waals surface area contributed by atoms with Crippen LogP contribution in [0.3, 0.4) is 0 Å². The lowest BCUT2D eigenvalue weighted by molar-refractivity contribution is -0.149. The van der Waals surface area contributed by atoms with Gasteiger partial charge in [-0.15, -0.1) is 0 Å². The minimum absolute atomic E-state index is 0.230. The smallest absolute Gasteiger partial charge is 0.411 e. The first-order valence-corrected chi connectivity index (χ1v) is 8.03. The summed E-state index contributed by atoms with van der Waals surface area (Å²) in [4.78, 5) is 25.6. The number of ether oxygens (including phenoxy) is 1. The van der Waals surface area contributed by atoms with Crippen LogP contribution >= 0.6 is 11.8 Å². The van der Waals surface area contributed by atoms with Gasteiger partial charge in [-0.2, -0.15) is 11.8 Å². The monoisotopic (exact) mass is 303 g/mol. The molecular formula is C14H25NO4S. The summed E-state index contributed by atoms with van der Waals surface area (Å²) < 4.78 is 5.39. The highest BCUT2D eigenvalue weighted by atomic mass is 32.2. The predicted molar refractivity (Wildman–Crippen MR) is 80.1 cm³/mol. The molecule has 0 spiro atoms. The number of carboxylic acid groups (broad SMARTS) is 1. The molecule has 1 aliphatic rings. The first-order chi connectivity index (χ1) is 9.12. The lowest BCUT2D eigenvalue weighted by atomic mass is 9.94. The Bertz CT molecular complexity index is 380. The summed E-state index contributed by atoms with van der Waals surface area (Å²) in [6.45, 7) is 9.68. The maximum atomic E-state index is 12.4. The van der Waals surface area contributed by atoms with Crippen LogP contribution in [0.15, 0.2) is 0 Å². The van der Waals surface area contributed by atoms with Gasteiger partial charge in [0.2, 0.25) is 0 Å². The van der Waals surface area contributed by atoms with Crippen molar-refractivity contribution in [2.45, 2.75) is 63.9 Å². The number of carboxylic acids is 1.